The number of hydrogen-bond acceptors (Lipinski definition) is 7. The molecule has 3 fully saturated rings. The molecule has 0 aliphatic carbocycles. The van der Waals surface area contributed by atoms with Gasteiger partial charge in [-0.2, -0.15) is 4.98 Å². The van der Waals surface area contributed by atoms with Gasteiger partial charge < -0.3 is 19.6 Å². The summed E-state index contributed by atoms with van der Waals surface area (Å²) in [4.78, 5) is 16.3. The number of aliphatic hydroxyl groups is 1. The summed E-state index contributed by atoms with van der Waals surface area (Å²) in [7, 11) is 2.23. The average Bonchev–Trinajstić information content (AvgIpc) is 3.05. The maximum absolute atomic E-state index is 9.76. The molecule has 0 aromatic carbocycles. The Morgan fingerprint density at radius 2 is 2.04 bits per heavy atom. The zero-order valence-corrected chi connectivity index (χ0v) is 14.4. The van der Waals surface area contributed by atoms with E-state index in [1.165, 1.54) is 0 Å². The van der Waals surface area contributed by atoms with Crippen molar-refractivity contribution >= 4 is 11.8 Å². The molecule has 1 unspecified atom stereocenters. The summed E-state index contributed by atoms with van der Waals surface area (Å²) in [6, 6.07) is 1.95. The minimum absolute atomic E-state index is 0.180. The van der Waals surface area contributed by atoms with Crippen LogP contribution in [-0.4, -0.2) is 84.6 Å². The second-order valence-corrected chi connectivity index (χ2v) is 7.28. The van der Waals surface area contributed by atoms with Gasteiger partial charge in [-0.05, 0) is 32.4 Å². The van der Waals surface area contributed by atoms with Crippen LogP contribution in [0.25, 0.3) is 0 Å². The highest BCUT2D eigenvalue weighted by atomic mass is 16.5. The Kier molecular flexibility index (Phi) is 4.32. The molecule has 1 N–H and O–H groups in total. The highest BCUT2D eigenvalue weighted by Crippen LogP contribution is 2.32. The van der Waals surface area contributed by atoms with Gasteiger partial charge in [0.1, 0.15) is 5.82 Å². The molecule has 3 aliphatic rings. The molecule has 0 bridgehead atoms. The molecule has 7 heteroatoms. The average molecular weight is 333 g/mol. The first-order chi connectivity index (χ1) is 11.7. The van der Waals surface area contributed by atoms with E-state index in [1.807, 2.05) is 12.3 Å². The van der Waals surface area contributed by atoms with Crippen molar-refractivity contribution in [2.45, 2.75) is 30.9 Å². The van der Waals surface area contributed by atoms with Crippen molar-refractivity contribution in [3.63, 3.8) is 0 Å². The Morgan fingerprint density at radius 1 is 1.21 bits per heavy atom. The van der Waals surface area contributed by atoms with E-state index in [9.17, 15) is 5.11 Å². The number of rotatable bonds is 2. The molecule has 0 amide bonds. The van der Waals surface area contributed by atoms with E-state index < -0.39 is 0 Å². The van der Waals surface area contributed by atoms with Crippen molar-refractivity contribution in [3.05, 3.63) is 12.3 Å². The Labute approximate surface area is 143 Å². The molecule has 7 nitrogen and oxygen atoms in total. The SMILES string of the molecule is CN1CCN(c2nccc(N3CCC(O)C3)n2)CC12CCOCC2. The van der Waals surface area contributed by atoms with Crippen molar-refractivity contribution in [1.82, 2.24) is 14.9 Å². The van der Waals surface area contributed by atoms with E-state index >= 15 is 0 Å². The van der Waals surface area contributed by atoms with E-state index in [4.69, 9.17) is 9.72 Å². The summed E-state index contributed by atoms with van der Waals surface area (Å²) in [6.07, 6.45) is 4.56. The van der Waals surface area contributed by atoms with Crippen molar-refractivity contribution in [2.75, 3.05) is 62.8 Å². The summed E-state index contributed by atoms with van der Waals surface area (Å²) >= 11 is 0. The zero-order valence-electron chi connectivity index (χ0n) is 14.4. The lowest BCUT2D eigenvalue weighted by atomic mass is 9.86. The molecule has 4 heterocycles. The normalized spacial score (nSPS) is 27.8. The van der Waals surface area contributed by atoms with Gasteiger partial charge in [0.15, 0.2) is 0 Å². The summed E-state index contributed by atoms with van der Waals surface area (Å²) in [5.74, 6) is 1.74. The highest BCUT2D eigenvalue weighted by Gasteiger charge is 2.41. The fourth-order valence-electron chi connectivity index (χ4n) is 4.14. The number of anilines is 2. The van der Waals surface area contributed by atoms with Gasteiger partial charge in [-0.25, -0.2) is 4.98 Å². The molecule has 24 heavy (non-hydrogen) atoms. The van der Waals surface area contributed by atoms with Crippen molar-refractivity contribution in [1.29, 1.82) is 0 Å². The molecule has 1 aromatic heterocycles. The van der Waals surface area contributed by atoms with Gasteiger partial charge in [0.05, 0.1) is 6.10 Å². The highest BCUT2D eigenvalue weighted by molar-refractivity contribution is 5.45. The fraction of sp³-hybridized carbons (Fsp3) is 0.765. The predicted molar refractivity (Wildman–Crippen MR) is 92.5 cm³/mol. The van der Waals surface area contributed by atoms with Crippen LogP contribution < -0.4 is 9.80 Å². The monoisotopic (exact) mass is 333 g/mol. The first-order valence-electron chi connectivity index (χ1n) is 8.96. The Hall–Kier alpha value is -1.44. The minimum atomic E-state index is -0.238. The maximum Gasteiger partial charge on any atom is 0.227 e. The third-order valence-electron chi connectivity index (χ3n) is 5.82. The van der Waals surface area contributed by atoms with Gasteiger partial charge in [-0.3, -0.25) is 4.90 Å². The predicted octanol–water partition coefficient (Wildman–Crippen LogP) is 0.349. The van der Waals surface area contributed by atoms with Crippen molar-refractivity contribution < 1.29 is 9.84 Å². The number of piperazine rings is 1. The summed E-state index contributed by atoms with van der Waals surface area (Å²) < 4.78 is 5.58. The fourth-order valence-corrected chi connectivity index (χ4v) is 4.14. The van der Waals surface area contributed by atoms with Crippen LogP contribution in [0, 0.1) is 0 Å². The van der Waals surface area contributed by atoms with E-state index in [1.54, 1.807) is 0 Å². The molecule has 3 saturated heterocycles. The smallest absolute Gasteiger partial charge is 0.227 e. The van der Waals surface area contributed by atoms with Crippen LogP contribution in [0.3, 0.4) is 0 Å². The van der Waals surface area contributed by atoms with Gasteiger partial charge in [0.25, 0.3) is 0 Å². The Balaban J connectivity index is 1.53. The first kappa shape index (κ1) is 16.1. The third kappa shape index (κ3) is 2.96. The molecule has 1 spiro atoms. The number of hydrogen-bond donors (Lipinski definition) is 1. The first-order valence-corrected chi connectivity index (χ1v) is 8.96. The number of β-amino-alcohol motifs (C(OH)–C–C–N with tert-alkyl or cyclic N) is 1. The van der Waals surface area contributed by atoms with Crippen LogP contribution in [0.2, 0.25) is 0 Å². The molecule has 1 atom stereocenters. The molecule has 3 aliphatic heterocycles. The lowest BCUT2D eigenvalue weighted by Gasteiger charge is -2.51. The molecular weight excluding hydrogens is 306 g/mol. The third-order valence-corrected chi connectivity index (χ3v) is 5.82. The largest absolute Gasteiger partial charge is 0.391 e. The van der Waals surface area contributed by atoms with Gasteiger partial charge in [0.2, 0.25) is 5.95 Å². The van der Waals surface area contributed by atoms with Crippen molar-refractivity contribution in [2.24, 2.45) is 0 Å². The number of aromatic nitrogens is 2. The number of ether oxygens (including phenoxy) is 1. The second-order valence-electron chi connectivity index (χ2n) is 7.28. The molecule has 132 valence electrons. The Bertz CT molecular complexity index is 578. The van der Waals surface area contributed by atoms with Crippen LogP contribution >= 0.6 is 0 Å². The Morgan fingerprint density at radius 3 is 2.79 bits per heavy atom. The van der Waals surface area contributed by atoms with E-state index in [0.717, 1.165) is 70.4 Å². The topological polar surface area (TPSA) is 65.0 Å². The maximum atomic E-state index is 9.76. The molecule has 1 aromatic rings. The number of likely N-dealkylation sites (N-methyl/N-ethyl adjacent to an activating group) is 1. The second kappa shape index (κ2) is 6.46. The van der Waals surface area contributed by atoms with E-state index in [2.05, 4.69) is 26.7 Å². The molecule has 0 saturated carbocycles. The van der Waals surface area contributed by atoms with Crippen LogP contribution in [0.15, 0.2) is 12.3 Å². The summed E-state index contributed by atoms with van der Waals surface area (Å²) in [5.41, 5.74) is 0.180. The lowest BCUT2D eigenvalue weighted by Crippen LogP contribution is -2.63. The van der Waals surface area contributed by atoms with Crippen LogP contribution in [0.1, 0.15) is 19.3 Å². The van der Waals surface area contributed by atoms with Crippen LogP contribution in [0.4, 0.5) is 11.8 Å². The van der Waals surface area contributed by atoms with Gasteiger partial charge in [0, 0.05) is 57.7 Å². The summed E-state index contributed by atoms with van der Waals surface area (Å²) in [6.45, 7) is 6.14. The standard InChI is InChI=1S/C17H27N5O2/c1-20-8-9-22(13-17(20)4-10-24-11-5-17)16-18-6-2-15(19-16)21-7-3-14(23)12-21/h2,6,14,23H,3-5,7-13H2,1H3. The number of nitrogens with zero attached hydrogens (tertiary/aromatic N) is 5. The quantitative estimate of drug-likeness (QED) is 0.838. The molecule has 0 radical (unpaired) electrons. The van der Waals surface area contributed by atoms with Crippen LogP contribution in [0.5, 0.6) is 0 Å². The van der Waals surface area contributed by atoms with E-state index in [-0.39, 0.29) is 11.6 Å². The van der Waals surface area contributed by atoms with E-state index in [0.29, 0.717) is 6.54 Å². The minimum Gasteiger partial charge on any atom is -0.391 e. The summed E-state index contributed by atoms with van der Waals surface area (Å²) in [5, 5.41) is 9.76. The number of aliphatic hydroxyl groups excluding tert-OH is 1. The van der Waals surface area contributed by atoms with Gasteiger partial charge in [-0.1, -0.05) is 0 Å². The van der Waals surface area contributed by atoms with Gasteiger partial charge >= 0.3 is 0 Å². The molecule has 4 rings (SSSR count). The van der Waals surface area contributed by atoms with Crippen molar-refractivity contribution in [3.8, 4) is 0 Å². The van der Waals surface area contributed by atoms with Crippen LogP contribution in [-0.2, 0) is 4.74 Å². The molecular formula is C17H27N5O2. The lowest BCUT2D eigenvalue weighted by molar-refractivity contribution is -0.0223. The zero-order chi connectivity index (χ0) is 16.6. The van der Waals surface area contributed by atoms with Gasteiger partial charge in [-0.15, -0.1) is 0 Å².